The molecule has 186 valence electrons. The van der Waals surface area contributed by atoms with Crippen molar-refractivity contribution in [2.75, 3.05) is 24.3 Å². The van der Waals surface area contributed by atoms with Gasteiger partial charge in [0.1, 0.15) is 29.4 Å². The third kappa shape index (κ3) is 4.53. The summed E-state index contributed by atoms with van der Waals surface area (Å²) in [7, 11) is -8.95. The molecule has 0 radical (unpaired) electrons. The van der Waals surface area contributed by atoms with E-state index in [1.54, 1.807) is 7.05 Å². The van der Waals surface area contributed by atoms with Gasteiger partial charge in [0.25, 0.3) is 5.56 Å². The first kappa shape index (κ1) is 24.9. The fourth-order valence-electron chi connectivity index (χ4n) is 3.83. The molecule has 34 heavy (non-hydrogen) atoms. The van der Waals surface area contributed by atoms with Crippen LogP contribution in [0.5, 0.6) is 0 Å². The Morgan fingerprint density at radius 2 is 2.06 bits per heavy atom. The van der Waals surface area contributed by atoms with Gasteiger partial charge in [0.15, 0.2) is 6.23 Å². The molecule has 1 unspecified atom stereocenters. The molecule has 2 aromatic heterocycles. The van der Waals surface area contributed by atoms with Gasteiger partial charge in [-0.05, 0) is 6.92 Å². The Balaban J connectivity index is 1.71. The molecule has 0 aliphatic carbocycles. The average Bonchev–Trinajstić information content (AvgIpc) is 3.13. The summed E-state index contributed by atoms with van der Waals surface area (Å²) in [5, 5.41) is 28.2. The van der Waals surface area contributed by atoms with Gasteiger partial charge in [0.2, 0.25) is 0 Å². The number of aliphatic imine (C=N–C) groups is 1. The Morgan fingerprint density at radius 1 is 1.35 bits per heavy atom. The van der Waals surface area contributed by atoms with E-state index < -0.39 is 51.8 Å². The number of rotatable bonds is 7. The standard InChI is InChI=1S/C16H21N5O11P2/c1-16(24)12(23)9(5-30-34(28,29)32-33(25,26)27)31-15(16)21-4-7-8(17-2)3-10(22)20-13-11(7)14(21)19-6-18-13/h3-4,6,9,12,15,17,23-24H,5H2,1-2H3,(H,28,29)(H2,25,26,27)(H,18,19,20,22)/t9-,12-,15-,16-/m1/s1. The lowest BCUT2D eigenvalue weighted by Gasteiger charge is -2.28. The number of phosphoric ester groups is 1. The summed E-state index contributed by atoms with van der Waals surface area (Å²) in [4.78, 5) is 47.2. The molecule has 4 rings (SSSR count). The van der Waals surface area contributed by atoms with Crippen molar-refractivity contribution in [2.45, 2.75) is 31.0 Å². The molecular weight excluding hydrogens is 500 g/mol. The zero-order valence-electron chi connectivity index (χ0n) is 17.6. The number of aliphatic hydroxyl groups excluding tert-OH is 1. The van der Waals surface area contributed by atoms with Crippen LogP contribution in [0.1, 0.15) is 13.2 Å². The molecule has 18 heteroatoms. The highest BCUT2D eigenvalue weighted by Gasteiger charge is 2.54. The van der Waals surface area contributed by atoms with E-state index >= 15 is 0 Å². The van der Waals surface area contributed by atoms with Crippen LogP contribution in [-0.4, -0.2) is 72.2 Å². The summed E-state index contributed by atoms with van der Waals surface area (Å²) in [5.41, 5.74) is -2.09. The fraction of sp³-hybridized carbons (Fsp3) is 0.438. The highest BCUT2D eigenvalue weighted by atomic mass is 31.3. The maximum atomic E-state index is 12.1. The van der Waals surface area contributed by atoms with Crippen molar-refractivity contribution in [3.63, 3.8) is 0 Å². The second kappa shape index (κ2) is 8.46. The number of anilines is 2. The molecule has 16 nitrogen and oxygen atoms in total. The minimum atomic E-state index is -5.34. The Morgan fingerprint density at radius 3 is 2.71 bits per heavy atom. The van der Waals surface area contributed by atoms with Crippen molar-refractivity contribution in [2.24, 2.45) is 4.99 Å². The van der Waals surface area contributed by atoms with Crippen LogP contribution in [0.3, 0.4) is 0 Å². The van der Waals surface area contributed by atoms with Gasteiger partial charge in [0, 0.05) is 30.4 Å². The summed E-state index contributed by atoms with van der Waals surface area (Å²) >= 11 is 0. The van der Waals surface area contributed by atoms with Crippen LogP contribution >= 0.6 is 15.6 Å². The molecule has 7 N–H and O–H groups in total. The Labute approximate surface area is 190 Å². The zero-order valence-corrected chi connectivity index (χ0v) is 19.4. The van der Waals surface area contributed by atoms with Crippen LogP contribution in [0.15, 0.2) is 22.1 Å². The number of aliphatic hydroxyl groups is 2. The predicted molar refractivity (Wildman–Crippen MR) is 117 cm³/mol. The van der Waals surface area contributed by atoms with Crippen molar-refractivity contribution in [3.8, 4) is 0 Å². The lowest BCUT2D eigenvalue weighted by atomic mass is 9.96. The number of ether oxygens (including phenoxy) is 1. The number of phosphoric acid groups is 2. The number of nitrogens with one attached hydrogen (secondary N) is 2. The van der Waals surface area contributed by atoms with Gasteiger partial charge < -0.3 is 44.8 Å². The van der Waals surface area contributed by atoms with E-state index in [4.69, 9.17) is 14.5 Å². The largest absolute Gasteiger partial charge is 0.481 e. The van der Waals surface area contributed by atoms with Crippen molar-refractivity contribution < 1.29 is 47.6 Å². The molecule has 0 spiro atoms. The normalized spacial score (nSPS) is 28.0. The van der Waals surface area contributed by atoms with Crippen LogP contribution in [0, 0.1) is 0 Å². The second-order valence-electron chi connectivity index (χ2n) is 7.69. The lowest BCUT2D eigenvalue weighted by molar-refractivity contribution is -0.0954. The summed E-state index contributed by atoms with van der Waals surface area (Å²) < 4.78 is 37.9. The fourth-order valence-corrected chi connectivity index (χ4v) is 5.43. The quantitative estimate of drug-likeness (QED) is 0.233. The molecule has 0 aromatic carbocycles. The van der Waals surface area contributed by atoms with E-state index in [2.05, 4.69) is 29.4 Å². The third-order valence-electron chi connectivity index (χ3n) is 5.30. The van der Waals surface area contributed by atoms with Crippen LogP contribution < -0.4 is 16.2 Å². The van der Waals surface area contributed by atoms with Gasteiger partial charge in [-0.1, -0.05) is 0 Å². The van der Waals surface area contributed by atoms with Crippen molar-refractivity contribution in [3.05, 3.63) is 22.6 Å². The van der Waals surface area contributed by atoms with Gasteiger partial charge >= 0.3 is 15.6 Å². The van der Waals surface area contributed by atoms with Crippen molar-refractivity contribution in [1.29, 1.82) is 0 Å². The molecule has 1 fully saturated rings. The molecule has 5 atom stereocenters. The molecular formula is C16H21N5O11P2. The van der Waals surface area contributed by atoms with Gasteiger partial charge in [-0.3, -0.25) is 9.32 Å². The molecule has 0 saturated carbocycles. The first-order valence-electron chi connectivity index (χ1n) is 9.60. The van der Waals surface area contributed by atoms with Gasteiger partial charge in [0.05, 0.1) is 18.3 Å². The van der Waals surface area contributed by atoms with Gasteiger partial charge in [-0.2, -0.15) is 9.29 Å². The average molecular weight is 521 g/mol. The highest BCUT2D eigenvalue weighted by Crippen LogP contribution is 2.58. The van der Waals surface area contributed by atoms with E-state index in [1.807, 2.05) is 0 Å². The Bertz CT molecular complexity index is 1320. The van der Waals surface area contributed by atoms with Crippen LogP contribution in [0.25, 0.3) is 10.8 Å². The first-order chi connectivity index (χ1) is 15.7. The highest BCUT2D eigenvalue weighted by molar-refractivity contribution is 7.60. The van der Waals surface area contributed by atoms with Crippen molar-refractivity contribution >= 4 is 50.1 Å². The zero-order chi connectivity index (χ0) is 25.1. The van der Waals surface area contributed by atoms with E-state index in [0.29, 0.717) is 16.5 Å². The number of nitrogens with zero attached hydrogens (tertiary/aromatic N) is 3. The molecule has 4 heterocycles. The summed E-state index contributed by atoms with van der Waals surface area (Å²) in [5.74, 6) is 0.444. The number of hydrogen-bond acceptors (Lipinski definition) is 12. The number of hydrogen-bond donors (Lipinski definition) is 7. The van der Waals surface area contributed by atoms with Gasteiger partial charge in [-0.25, -0.2) is 14.1 Å². The maximum Gasteiger partial charge on any atom is 0.481 e. The van der Waals surface area contributed by atoms with Crippen LogP contribution in [-0.2, 0) is 22.7 Å². The van der Waals surface area contributed by atoms with Crippen molar-refractivity contribution in [1.82, 2.24) is 9.55 Å². The van der Waals surface area contributed by atoms with Crippen LogP contribution in [0.2, 0.25) is 0 Å². The third-order valence-corrected chi connectivity index (χ3v) is 7.45. The topological polar surface area (TPSA) is 234 Å². The minimum Gasteiger partial charge on any atom is -0.387 e. The molecule has 2 aliphatic rings. The Kier molecular flexibility index (Phi) is 6.19. The number of aromatic nitrogens is 2. The van der Waals surface area contributed by atoms with E-state index in [0.717, 1.165) is 0 Å². The first-order valence-corrected chi connectivity index (χ1v) is 12.6. The SMILES string of the molecule is CNc1cc(=O)nc2c3c(n([C@@H]4O[C@H](COP(=O)(O)OP(=O)(O)O)[C@@H](O)[C@@]4(C)O)cc13)N=CN2. The van der Waals surface area contributed by atoms with Crippen LogP contribution in [0.4, 0.5) is 17.3 Å². The van der Waals surface area contributed by atoms with E-state index in [9.17, 15) is 29.0 Å². The smallest absolute Gasteiger partial charge is 0.387 e. The lowest BCUT2D eigenvalue weighted by Crippen LogP contribution is -2.44. The van der Waals surface area contributed by atoms with E-state index in [-0.39, 0.29) is 11.6 Å². The Hall–Kier alpha value is -2.23. The van der Waals surface area contributed by atoms with Gasteiger partial charge in [-0.15, -0.1) is 0 Å². The molecule has 0 amide bonds. The van der Waals surface area contributed by atoms with E-state index in [1.165, 1.54) is 30.1 Å². The maximum absolute atomic E-state index is 12.1. The monoisotopic (exact) mass is 521 g/mol. The molecule has 1 saturated heterocycles. The summed E-state index contributed by atoms with van der Waals surface area (Å²) in [6, 6.07) is 1.27. The molecule has 0 bridgehead atoms. The summed E-state index contributed by atoms with van der Waals surface area (Å²) in [6.45, 7) is 0.398. The minimum absolute atomic E-state index is 0.208. The molecule has 2 aromatic rings. The second-order valence-corrected chi connectivity index (χ2v) is 10.5. The predicted octanol–water partition coefficient (Wildman–Crippen LogP) is -0.241. The molecule has 2 aliphatic heterocycles. The summed E-state index contributed by atoms with van der Waals surface area (Å²) in [6.07, 6.45) is -1.57.